The SMILES string of the molecule is Nn1c(SCC(=O)Nc2nc(-c3cccc([N+](=O)[O-])c3)cs2)nnc1-c1ccc(Cl)cc1. The van der Waals surface area contributed by atoms with Crippen molar-refractivity contribution in [2.24, 2.45) is 0 Å². The van der Waals surface area contributed by atoms with E-state index in [4.69, 9.17) is 17.4 Å². The molecule has 10 nitrogen and oxygen atoms in total. The summed E-state index contributed by atoms with van der Waals surface area (Å²) >= 11 is 8.25. The van der Waals surface area contributed by atoms with E-state index >= 15 is 0 Å². The fourth-order valence-electron chi connectivity index (χ4n) is 2.70. The van der Waals surface area contributed by atoms with Gasteiger partial charge >= 0.3 is 0 Å². The monoisotopic (exact) mass is 487 g/mol. The number of aromatic nitrogens is 4. The van der Waals surface area contributed by atoms with Gasteiger partial charge in [-0.05, 0) is 24.3 Å². The fraction of sp³-hybridized carbons (Fsp3) is 0.0526. The van der Waals surface area contributed by atoms with Crippen LogP contribution in [0.2, 0.25) is 5.02 Å². The van der Waals surface area contributed by atoms with E-state index in [0.717, 1.165) is 17.3 Å². The Morgan fingerprint density at radius 2 is 2.00 bits per heavy atom. The highest BCUT2D eigenvalue weighted by Crippen LogP contribution is 2.28. The molecular weight excluding hydrogens is 474 g/mol. The molecule has 1 amide bonds. The Morgan fingerprint density at radius 1 is 1.22 bits per heavy atom. The normalized spacial score (nSPS) is 10.8. The molecule has 4 aromatic rings. The number of carbonyl (C=O) groups excluding carboxylic acids is 1. The zero-order valence-corrected chi connectivity index (χ0v) is 18.5. The molecule has 0 radical (unpaired) electrons. The minimum atomic E-state index is -0.468. The Hall–Kier alpha value is -3.48. The first kappa shape index (κ1) is 21.7. The van der Waals surface area contributed by atoms with Gasteiger partial charge in [0, 0.05) is 33.7 Å². The number of thioether (sulfide) groups is 1. The summed E-state index contributed by atoms with van der Waals surface area (Å²) in [5.74, 6) is 6.25. The van der Waals surface area contributed by atoms with Crippen LogP contribution < -0.4 is 11.2 Å². The Morgan fingerprint density at radius 3 is 2.75 bits per heavy atom. The molecule has 2 heterocycles. The fourth-order valence-corrected chi connectivity index (χ4v) is 4.22. The van der Waals surface area contributed by atoms with E-state index in [2.05, 4.69) is 20.5 Å². The van der Waals surface area contributed by atoms with Crippen molar-refractivity contribution in [2.45, 2.75) is 5.16 Å². The number of nitrogen functional groups attached to an aromatic ring is 1. The highest BCUT2D eigenvalue weighted by atomic mass is 35.5. The number of nitrogens with one attached hydrogen (secondary N) is 1. The Bertz CT molecular complexity index is 1290. The van der Waals surface area contributed by atoms with Crippen LogP contribution in [0.1, 0.15) is 0 Å². The minimum absolute atomic E-state index is 0.0265. The smallest absolute Gasteiger partial charge is 0.270 e. The van der Waals surface area contributed by atoms with Crippen molar-refractivity contribution in [1.82, 2.24) is 19.9 Å². The number of nitro groups is 1. The Kier molecular flexibility index (Phi) is 6.35. The molecule has 4 rings (SSSR count). The van der Waals surface area contributed by atoms with Crippen LogP contribution >= 0.6 is 34.7 Å². The van der Waals surface area contributed by atoms with Gasteiger partial charge < -0.3 is 11.2 Å². The van der Waals surface area contributed by atoms with Crippen molar-refractivity contribution in [2.75, 3.05) is 16.9 Å². The lowest BCUT2D eigenvalue weighted by molar-refractivity contribution is -0.384. The highest BCUT2D eigenvalue weighted by Gasteiger charge is 2.15. The van der Waals surface area contributed by atoms with Crippen LogP contribution in [0.15, 0.2) is 59.1 Å². The van der Waals surface area contributed by atoms with E-state index in [1.807, 2.05) is 0 Å². The maximum atomic E-state index is 12.3. The van der Waals surface area contributed by atoms with Gasteiger partial charge in [-0.3, -0.25) is 14.9 Å². The number of nitrogens with zero attached hydrogens (tertiary/aromatic N) is 5. The van der Waals surface area contributed by atoms with Crippen LogP contribution in [-0.4, -0.2) is 36.4 Å². The molecule has 0 spiro atoms. The lowest BCUT2D eigenvalue weighted by Gasteiger charge is -2.04. The van der Waals surface area contributed by atoms with Crippen molar-refractivity contribution in [3.63, 3.8) is 0 Å². The van der Waals surface area contributed by atoms with Crippen LogP contribution in [0.4, 0.5) is 10.8 Å². The third-order valence-corrected chi connectivity index (χ3v) is 6.16. The third-order valence-electron chi connectivity index (χ3n) is 4.20. The van der Waals surface area contributed by atoms with Gasteiger partial charge in [0.25, 0.3) is 5.69 Å². The molecule has 0 atom stereocenters. The molecule has 2 aromatic carbocycles. The van der Waals surface area contributed by atoms with Gasteiger partial charge in [0.2, 0.25) is 11.1 Å². The first-order chi connectivity index (χ1) is 15.4. The summed E-state index contributed by atoms with van der Waals surface area (Å²) in [4.78, 5) is 27.1. The third kappa shape index (κ3) is 4.88. The maximum Gasteiger partial charge on any atom is 0.270 e. The average Bonchev–Trinajstić information content (AvgIpc) is 3.40. The van der Waals surface area contributed by atoms with Crippen LogP contribution in [0, 0.1) is 10.1 Å². The topological polar surface area (TPSA) is 142 Å². The lowest BCUT2D eigenvalue weighted by Crippen LogP contribution is -2.16. The zero-order valence-electron chi connectivity index (χ0n) is 16.1. The number of non-ortho nitro benzene ring substituents is 1. The average molecular weight is 488 g/mol. The molecule has 0 aliphatic carbocycles. The highest BCUT2D eigenvalue weighted by molar-refractivity contribution is 7.99. The van der Waals surface area contributed by atoms with Gasteiger partial charge in [0.05, 0.1) is 16.4 Å². The number of amides is 1. The van der Waals surface area contributed by atoms with Gasteiger partial charge in [-0.25, -0.2) is 9.66 Å². The molecule has 0 aliphatic heterocycles. The summed E-state index contributed by atoms with van der Waals surface area (Å²) in [6, 6.07) is 13.1. The largest absolute Gasteiger partial charge is 0.335 e. The molecule has 0 bridgehead atoms. The summed E-state index contributed by atoms with van der Waals surface area (Å²) in [7, 11) is 0. The minimum Gasteiger partial charge on any atom is -0.335 e. The van der Waals surface area contributed by atoms with Crippen molar-refractivity contribution >= 4 is 51.4 Å². The summed E-state index contributed by atoms with van der Waals surface area (Å²) < 4.78 is 1.31. The van der Waals surface area contributed by atoms with Gasteiger partial charge in [-0.2, -0.15) is 0 Å². The number of anilines is 1. The molecule has 13 heteroatoms. The molecule has 3 N–H and O–H groups in total. The summed E-state index contributed by atoms with van der Waals surface area (Å²) in [5.41, 5.74) is 1.85. The number of halogens is 1. The predicted molar refractivity (Wildman–Crippen MR) is 124 cm³/mol. The second-order valence-corrected chi connectivity index (χ2v) is 8.60. The van der Waals surface area contributed by atoms with Crippen LogP contribution in [0.25, 0.3) is 22.6 Å². The van der Waals surface area contributed by atoms with E-state index in [1.54, 1.807) is 41.8 Å². The zero-order chi connectivity index (χ0) is 22.7. The Labute approximate surface area is 194 Å². The van der Waals surface area contributed by atoms with E-state index < -0.39 is 4.92 Å². The number of thiazole rings is 1. The van der Waals surface area contributed by atoms with Crippen LogP contribution in [-0.2, 0) is 4.79 Å². The molecule has 0 aliphatic rings. The summed E-state index contributed by atoms with van der Waals surface area (Å²) in [6.07, 6.45) is 0. The predicted octanol–water partition coefficient (Wildman–Crippen LogP) is 4.07. The second kappa shape index (κ2) is 9.34. The molecule has 162 valence electrons. The molecule has 0 unspecified atom stereocenters. The first-order valence-electron chi connectivity index (χ1n) is 9.00. The van der Waals surface area contributed by atoms with E-state index in [0.29, 0.717) is 32.4 Å². The number of hydrogen-bond acceptors (Lipinski definition) is 9. The molecule has 32 heavy (non-hydrogen) atoms. The van der Waals surface area contributed by atoms with Crippen molar-refractivity contribution < 1.29 is 9.72 Å². The van der Waals surface area contributed by atoms with Gasteiger partial charge in [0.15, 0.2) is 11.0 Å². The molecule has 2 aromatic heterocycles. The molecule has 0 saturated carbocycles. The molecular formula is C19H14ClN7O3S2. The van der Waals surface area contributed by atoms with E-state index in [1.165, 1.54) is 28.1 Å². The standard InChI is InChI=1S/C19H14ClN7O3S2/c20-13-6-4-11(5-7-13)17-24-25-19(26(17)21)32-10-16(28)23-18-22-15(9-31-18)12-2-1-3-14(8-12)27(29)30/h1-9H,10,21H2,(H,22,23,28). The lowest BCUT2D eigenvalue weighted by atomic mass is 10.1. The number of benzene rings is 2. The van der Waals surface area contributed by atoms with Crippen molar-refractivity contribution in [3.05, 3.63) is 69.0 Å². The van der Waals surface area contributed by atoms with Crippen molar-refractivity contribution in [1.29, 1.82) is 0 Å². The second-order valence-electron chi connectivity index (χ2n) is 6.37. The van der Waals surface area contributed by atoms with E-state index in [9.17, 15) is 14.9 Å². The van der Waals surface area contributed by atoms with Crippen LogP contribution in [0.5, 0.6) is 0 Å². The van der Waals surface area contributed by atoms with E-state index in [-0.39, 0.29) is 17.3 Å². The van der Waals surface area contributed by atoms with Crippen LogP contribution in [0.3, 0.4) is 0 Å². The quantitative estimate of drug-likeness (QED) is 0.172. The summed E-state index contributed by atoms with van der Waals surface area (Å²) in [5, 5.41) is 24.8. The van der Waals surface area contributed by atoms with Crippen molar-refractivity contribution in [3.8, 4) is 22.6 Å². The molecule has 0 fully saturated rings. The van der Waals surface area contributed by atoms with Gasteiger partial charge in [-0.15, -0.1) is 21.5 Å². The summed E-state index contributed by atoms with van der Waals surface area (Å²) in [6.45, 7) is 0. The first-order valence-corrected chi connectivity index (χ1v) is 11.2. The number of nitrogens with two attached hydrogens (primary N) is 1. The number of carbonyl (C=O) groups is 1. The van der Waals surface area contributed by atoms with Gasteiger partial charge in [0.1, 0.15) is 0 Å². The number of nitro benzene ring substituents is 1. The number of hydrogen-bond donors (Lipinski definition) is 2. The molecule has 0 saturated heterocycles. The number of rotatable bonds is 7. The maximum absolute atomic E-state index is 12.3. The Balaban J connectivity index is 1.38. The van der Waals surface area contributed by atoms with Gasteiger partial charge in [-0.1, -0.05) is 35.5 Å².